The molecule has 2 heterocycles. The number of nitrogens with zero attached hydrogens (tertiary/aromatic N) is 4. The van der Waals surface area contributed by atoms with Gasteiger partial charge in [-0.05, 0) is 56.3 Å². The lowest BCUT2D eigenvalue weighted by molar-refractivity contribution is -0.111. The van der Waals surface area contributed by atoms with Crippen molar-refractivity contribution in [3.8, 4) is 5.69 Å². The zero-order valence-corrected chi connectivity index (χ0v) is 18.1. The molecule has 0 radical (unpaired) electrons. The molecule has 1 amide bonds. The molecule has 0 fully saturated rings. The summed E-state index contributed by atoms with van der Waals surface area (Å²) < 4.78 is 2.78. The van der Waals surface area contributed by atoms with Crippen LogP contribution in [-0.4, -0.2) is 25.9 Å². The van der Waals surface area contributed by atoms with Crippen LogP contribution in [0.25, 0.3) is 11.8 Å². The summed E-state index contributed by atoms with van der Waals surface area (Å²) in [7, 11) is 0. The molecule has 1 N–H and O–H groups in total. The molecule has 150 valence electrons. The van der Waals surface area contributed by atoms with Crippen molar-refractivity contribution < 1.29 is 4.79 Å². The van der Waals surface area contributed by atoms with Crippen molar-refractivity contribution in [2.75, 3.05) is 5.32 Å². The largest absolute Gasteiger partial charge is 0.323 e. The van der Waals surface area contributed by atoms with E-state index >= 15 is 0 Å². The quantitative estimate of drug-likeness (QED) is 0.426. The van der Waals surface area contributed by atoms with E-state index in [0.29, 0.717) is 0 Å². The lowest BCUT2D eigenvalue weighted by Crippen LogP contribution is -2.07. The van der Waals surface area contributed by atoms with E-state index in [1.54, 1.807) is 17.3 Å². The Kier molecular flexibility index (Phi) is 6.06. The zero-order valence-electron chi connectivity index (χ0n) is 16.4. The van der Waals surface area contributed by atoms with E-state index in [1.807, 2.05) is 79.2 Å². The molecule has 0 bridgehead atoms. The van der Waals surface area contributed by atoms with Crippen LogP contribution in [-0.2, 0) is 4.79 Å². The van der Waals surface area contributed by atoms with Gasteiger partial charge in [-0.2, -0.15) is 5.10 Å². The Morgan fingerprint density at radius 3 is 2.57 bits per heavy atom. The summed E-state index contributed by atoms with van der Waals surface area (Å²) in [6.07, 6.45) is 3.35. The number of aromatic nitrogens is 4. The number of para-hydroxylation sites is 1. The Hall–Kier alpha value is -3.23. The molecule has 0 saturated carbocycles. The number of anilines is 1. The Morgan fingerprint density at radius 1 is 1.10 bits per heavy atom. The summed E-state index contributed by atoms with van der Waals surface area (Å²) in [5, 5.41) is 15.3. The normalized spacial score (nSPS) is 11.1. The molecule has 0 unspecified atom stereocenters. The van der Waals surface area contributed by atoms with E-state index in [4.69, 9.17) is 0 Å². The molecule has 4 rings (SSSR count). The van der Waals surface area contributed by atoms with E-state index in [2.05, 4.69) is 20.6 Å². The zero-order chi connectivity index (χ0) is 20.9. The second kappa shape index (κ2) is 9.06. The van der Waals surface area contributed by atoms with Gasteiger partial charge in [-0.3, -0.25) is 4.79 Å². The number of aryl methyl sites for hydroxylation is 1. The van der Waals surface area contributed by atoms with Gasteiger partial charge >= 0.3 is 0 Å². The van der Waals surface area contributed by atoms with E-state index in [1.165, 1.54) is 17.4 Å². The Morgan fingerprint density at radius 2 is 1.87 bits per heavy atom. The van der Waals surface area contributed by atoms with Crippen molar-refractivity contribution in [2.24, 2.45) is 0 Å². The number of amides is 1. The van der Waals surface area contributed by atoms with Gasteiger partial charge in [-0.25, -0.2) is 4.68 Å². The van der Waals surface area contributed by atoms with Gasteiger partial charge in [0.2, 0.25) is 5.91 Å². The van der Waals surface area contributed by atoms with Gasteiger partial charge in [-0.1, -0.05) is 41.3 Å². The third-order valence-corrected chi connectivity index (χ3v) is 6.20. The number of benzene rings is 2. The first-order valence-corrected chi connectivity index (χ1v) is 10.9. The fraction of sp³-hybridized carbons (Fsp3) is 0.0909. The fourth-order valence-corrected chi connectivity index (χ4v) is 4.42. The fourth-order valence-electron chi connectivity index (χ4n) is 2.97. The van der Waals surface area contributed by atoms with Gasteiger partial charge in [0.1, 0.15) is 5.51 Å². The third kappa shape index (κ3) is 4.67. The second-order valence-electron chi connectivity index (χ2n) is 6.49. The van der Waals surface area contributed by atoms with E-state index in [0.717, 1.165) is 37.6 Å². The maximum absolute atomic E-state index is 12.4. The predicted molar refractivity (Wildman–Crippen MR) is 121 cm³/mol. The SMILES string of the molecule is Cc1nn(-c2ccccc2)c(C)c1/C=C/C(=O)Nc1ccc(Sc2nncs2)cc1. The average molecular weight is 434 g/mol. The minimum Gasteiger partial charge on any atom is -0.323 e. The Balaban J connectivity index is 1.42. The number of hydrogen-bond donors (Lipinski definition) is 1. The molecule has 0 aliphatic rings. The summed E-state index contributed by atoms with van der Waals surface area (Å²) in [6.45, 7) is 3.94. The highest BCUT2D eigenvalue weighted by Gasteiger charge is 2.11. The number of rotatable bonds is 6. The van der Waals surface area contributed by atoms with E-state index < -0.39 is 0 Å². The van der Waals surface area contributed by atoms with Crippen molar-refractivity contribution >= 4 is 40.8 Å². The van der Waals surface area contributed by atoms with E-state index in [9.17, 15) is 4.79 Å². The molecular weight excluding hydrogens is 414 g/mol. The number of carbonyl (C=O) groups is 1. The number of carbonyl (C=O) groups excluding carboxylic acids is 1. The van der Waals surface area contributed by atoms with Gasteiger partial charge in [0.05, 0.1) is 11.4 Å². The molecule has 30 heavy (non-hydrogen) atoms. The molecule has 0 aliphatic heterocycles. The van der Waals surface area contributed by atoms with Crippen LogP contribution in [0.3, 0.4) is 0 Å². The first-order valence-electron chi connectivity index (χ1n) is 9.25. The lowest BCUT2D eigenvalue weighted by Gasteiger charge is -2.04. The first kappa shape index (κ1) is 20.1. The van der Waals surface area contributed by atoms with Crippen LogP contribution in [0.1, 0.15) is 17.0 Å². The summed E-state index contributed by atoms with van der Waals surface area (Å²) in [6, 6.07) is 17.6. The molecule has 8 heteroatoms. The first-order chi connectivity index (χ1) is 14.6. The minimum absolute atomic E-state index is 0.189. The van der Waals surface area contributed by atoms with Gasteiger partial charge < -0.3 is 5.32 Å². The van der Waals surface area contributed by atoms with Gasteiger partial charge in [0, 0.05) is 27.9 Å². The number of nitrogens with one attached hydrogen (secondary N) is 1. The summed E-state index contributed by atoms with van der Waals surface area (Å²) in [5.41, 5.74) is 6.24. The third-order valence-electron chi connectivity index (χ3n) is 4.42. The maximum atomic E-state index is 12.4. The molecule has 4 aromatic rings. The van der Waals surface area contributed by atoms with Gasteiger partial charge in [0.25, 0.3) is 0 Å². The van der Waals surface area contributed by atoms with Crippen molar-refractivity contribution in [3.63, 3.8) is 0 Å². The minimum atomic E-state index is -0.189. The maximum Gasteiger partial charge on any atom is 0.248 e. The Bertz CT molecular complexity index is 1170. The highest BCUT2D eigenvalue weighted by Crippen LogP contribution is 2.29. The molecular formula is C22H19N5OS2. The topological polar surface area (TPSA) is 72.7 Å². The van der Waals surface area contributed by atoms with Crippen molar-refractivity contribution in [1.82, 2.24) is 20.0 Å². The molecule has 0 atom stereocenters. The monoisotopic (exact) mass is 433 g/mol. The highest BCUT2D eigenvalue weighted by atomic mass is 32.2. The van der Waals surface area contributed by atoms with Crippen LogP contribution in [0.2, 0.25) is 0 Å². The molecule has 2 aromatic heterocycles. The van der Waals surface area contributed by atoms with Crippen LogP contribution in [0, 0.1) is 13.8 Å². The van der Waals surface area contributed by atoms with E-state index in [-0.39, 0.29) is 5.91 Å². The van der Waals surface area contributed by atoms with Crippen LogP contribution >= 0.6 is 23.1 Å². The Labute approximate surface area is 182 Å². The molecule has 0 saturated heterocycles. The van der Waals surface area contributed by atoms with Crippen LogP contribution in [0.15, 0.2) is 75.4 Å². The smallest absolute Gasteiger partial charge is 0.248 e. The number of hydrogen-bond acceptors (Lipinski definition) is 6. The van der Waals surface area contributed by atoms with Gasteiger partial charge in [-0.15, -0.1) is 10.2 Å². The lowest BCUT2D eigenvalue weighted by atomic mass is 10.2. The van der Waals surface area contributed by atoms with Crippen molar-refractivity contribution in [1.29, 1.82) is 0 Å². The predicted octanol–water partition coefficient (Wildman–Crippen LogP) is 5.14. The highest BCUT2D eigenvalue weighted by molar-refractivity contribution is 8.01. The molecule has 0 spiro atoms. The second-order valence-corrected chi connectivity index (χ2v) is 8.64. The van der Waals surface area contributed by atoms with Crippen LogP contribution in [0.4, 0.5) is 5.69 Å². The van der Waals surface area contributed by atoms with Crippen molar-refractivity contribution in [3.05, 3.63) is 83.1 Å². The van der Waals surface area contributed by atoms with Crippen molar-refractivity contribution in [2.45, 2.75) is 23.1 Å². The standard InChI is InChI=1S/C22H19N5OS2/c1-15-20(16(2)27(26-15)18-6-4-3-5-7-18)12-13-21(28)24-17-8-10-19(11-9-17)30-22-25-23-14-29-22/h3-14H,1-2H3,(H,24,28)/b13-12+. The summed E-state index contributed by atoms with van der Waals surface area (Å²) in [5.74, 6) is -0.189. The molecule has 2 aromatic carbocycles. The van der Waals surface area contributed by atoms with Gasteiger partial charge in [0.15, 0.2) is 4.34 Å². The summed E-state index contributed by atoms with van der Waals surface area (Å²) >= 11 is 3.04. The molecule has 0 aliphatic carbocycles. The van der Waals surface area contributed by atoms with Crippen LogP contribution in [0.5, 0.6) is 0 Å². The van der Waals surface area contributed by atoms with Crippen LogP contribution < -0.4 is 5.32 Å². The molecule has 6 nitrogen and oxygen atoms in total. The average Bonchev–Trinajstić information content (AvgIpc) is 3.36. The summed E-state index contributed by atoms with van der Waals surface area (Å²) in [4.78, 5) is 13.4.